The maximum Gasteiger partial charge on any atom is 0.161 e. The number of hydrogen-bond donors (Lipinski definition) is 2. The monoisotopic (exact) mass is 159 g/mol. The van der Waals surface area contributed by atoms with Crippen LogP contribution in [0.3, 0.4) is 0 Å². The molecule has 0 aliphatic carbocycles. The van der Waals surface area contributed by atoms with Gasteiger partial charge in [0.25, 0.3) is 0 Å². The first-order chi connectivity index (χ1) is 5.07. The van der Waals surface area contributed by atoms with Crippen LogP contribution < -0.4 is 5.32 Å². The second kappa shape index (κ2) is 5.27. The number of aliphatic hydroxyl groups excluding tert-OH is 1. The standard InChI is InChI=1S/C8H17NO2/c1-6(9-3)4-5-8(11)7(2)10/h6-7,9-10H,4-5H2,1-3H3. The van der Waals surface area contributed by atoms with E-state index in [0.29, 0.717) is 12.5 Å². The Bertz CT molecular complexity index is 123. The Morgan fingerprint density at radius 2 is 2.09 bits per heavy atom. The Balaban J connectivity index is 3.46. The third-order valence-corrected chi connectivity index (χ3v) is 1.78. The van der Waals surface area contributed by atoms with Gasteiger partial charge in [-0.1, -0.05) is 0 Å². The first-order valence-electron chi connectivity index (χ1n) is 3.96. The maximum absolute atomic E-state index is 10.9. The Morgan fingerprint density at radius 3 is 2.45 bits per heavy atom. The minimum Gasteiger partial charge on any atom is -0.386 e. The summed E-state index contributed by atoms with van der Waals surface area (Å²) in [5.74, 6) is -0.0768. The van der Waals surface area contributed by atoms with Gasteiger partial charge in [0.1, 0.15) is 6.10 Å². The van der Waals surface area contributed by atoms with Crippen LogP contribution in [0.5, 0.6) is 0 Å². The topological polar surface area (TPSA) is 49.3 Å². The lowest BCUT2D eigenvalue weighted by atomic mass is 10.1. The summed E-state index contributed by atoms with van der Waals surface area (Å²) in [5, 5.41) is 11.9. The molecule has 0 aliphatic rings. The molecule has 2 N–H and O–H groups in total. The van der Waals surface area contributed by atoms with Crippen LogP contribution in [0.1, 0.15) is 26.7 Å². The van der Waals surface area contributed by atoms with Crippen LogP contribution in [0.2, 0.25) is 0 Å². The highest BCUT2D eigenvalue weighted by Gasteiger charge is 2.09. The average Bonchev–Trinajstić information content (AvgIpc) is 1.99. The molecule has 0 saturated carbocycles. The van der Waals surface area contributed by atoms with E-state index in [9.17, 15) is 4.79 Å². The summed E-state index contributed by atoms with van der Waals surface area (Å²) in [6.07, 6.45) is 0.443. The number of carbonyl (C=O) groups excluding carboxylic acids is 1. The van der Waals surface area contributed by atoms with Crippen molar-refractivity contribution in [3.05, 3.63) is 0 Å². The molecule has 0 aromatic carbocycles. The minimum atomic E-state index is -0.806. The molecule has 0 saturated heterocycles. The van der Waals surface area contributed by atoms with Crippen LogP contribution >= 0.6 is 0 Å². The van der Waals surface area contributed by atoms with Crippen LogP contribution in [0.4, 0.5) is 0 Å². The van der Waals surface area contributed by atoms with Gasteiger partial charge >= 0.3 is 0 Å². The van der Waals surface area contributed by atoms with Crippen molar-refractivity contribution in [2.75, 3.05) is 7.05 Å². The maximum atomic E-state index is 10.9. The van der Waals surface area contributed by atoms with Crippen molar-refractivity contribution in [3.63, 3.8) is 0 Å². The van der Waals surface area contributed by atoms with Gasteiger partial charge in [0.05, 0.1) is 0 Å². The molecule has 0 amide bonds. The zero-order chi connectivity index (χ0) is 8.85. The van der Waals surface area contributed by atoms with Gasteiger partial charge in [0, 0.05) is 12.5 Å². The predicted octanol–water partition coefficient (Wildman–Crippen LogP) is 0.324. The van der Waals surface area contributed by atoms with E-state index in [1.807, 2.05) is 14.0 Å². The molecule has 11 heavy (non-hydrogen) atoms. The number of ketones is 1. The Kier molecular flexibility index (Phi) is 5.07. The molecule has 0 rings (SSSR count). The molecule has 0 aliphatic heterocycles. The van der Waals surface area contributed by atoms with Gasteiger partial charge < -0.3 is 10.4 Å². The van der Waals surface area contributed by atoms with Gasteiger partial charge in [0.2, 0.25) is 0 Å². The molecule has 0 radical (unpaired) electrons. The summed E-state index contributed by atoms with van der Waals surface area (Å²) in [4.78, 5) is 10.9. The number of rotatable bonds is 5. The number of Topliss-reactive ketones (excluding diaryl/α,β-unsaturated/α-hetero) is 1. The van der Waals surface area contributed by atoms with Crippen LogP contribution in [-0.4, -0.2) is 30.1 Å². The van der Waals surface area contributed by atoms with E-state index < -0.39 is 6.10 Å². The zero-order valence-electron chi connectivity index (χ0n) is 7.42. The fourth-order valence-corrected chi connectivity index (χ4v) is 0.712. The third-order valence-electron chi connectivity index (χ3n) is 1.78. The first kappa shape index (κ1) is 10.6. The Labute approximate surface area is 67.8 Å². The largest absolute Gasteiger partial charge is 0.386 e. The summed E-state index contributed by atoms with van der Waals surface area (Å²) >= 11 is 0. The van der Waals surface area contributed by atoms with Gasteiger partial charge in [-0.2, -0.15) is 0 Å². The molecule has 0 spiro atoms. The van der Waals surface area contributed by atoms with Crippen molar-refractivity contribution < 1.29 is 9.90 Å². The molecule has 3 nitrogen and oxygen atoms in total. The first-order valence-corrected chi connectivity index (χ1v) is 3.96. The van der Waals surface area contributed by atoms with Crippen LogP contribution in [0.25, 0.3) is 0 Å². The molecule has 66 valence electrons. The van der Waals surface area contributed by atoms with Crippen LogP contribution in [0, 0.1) is 0 Å². The van der Waals surface area contributed by atoms with E-state index in [1.54, 1.807) is 0 Å². The van der Waals surface area contributed by atoms with Gasteiger partial charge in [-0.3, -0.25) is 4.79 Å². The highest BCUT2D eigenvalue weighted by atomic mass is 16.3. The minimum absolute atomic E-state index is 0.0768. The third kappa shape index (κ3) is 4.93. The van der Waals surface area contributed by atoms with E-state index in [1.165, 1.54) is 6.92 Å². The molecule has 3 heteroatoms. The molecular formula is C8H17NO2. The van der Waals surface area contributed by atoms with Crippen LogP contribution in [0.15, 0.2) is 0 Å². The predicted molar refractivity (Wildman–Crippen MR) is 44.4 cm³/mol. The Morgan fingerprint density at radius 1 is 1.55 bits per heavy atom. The summed E-state index contributed by atoms with van der Waals surface area (Å²) in [6.45, 7) is 3.52. The normalized spacial score (nSPS) is 16.0. The number of nitrogens with one attached hydrogen (secondary N) is 1. The second-order valence-electron chi connectivity index (χ2n) is 2.87. The average molecular weight is 159 g/mol. The van der Waals surface area contributed by atoms with Gasteiger partial charge in [0.15, 0.2) is 5.78 Å². The number of carbonyl (C=O) groups is 1. The molecule has 2 unspecified atom stereocenters. The van der Waals surface area contributed by atoms with E-state index in [0.717, 1.165) is 6.42 Å². The summed E-state index contributed by atoms with van der Waals surface area (Å²) in [5.41, 5.74) is 0. The SMILES string of the molecule is CNC(C)CCC(=O)C(C)O. The van der Waals surface area contributed by atoms with Gasteiger partial charge in [-0.25, -0.2) is 0 Å². The number of aliphatic hydroxyl groups is 1. The Hall–Kier alpha value is -0.410. The second-order valence-corrected chi connectivity index (χ2v) is 2.87. The van der Waals surface area contributed by atoms with Crippen molar-refractivity contribution in [3.8, 4) is 0 Å². The van der Waals surface area contributed by atoms with E-state index in [4.69, 9.17) is 5.11 Å². The highest BCUT2D eigenvalue weighted by molar-refractivity contribution is 5.82. The van der Waals surface area contributed by atoms with E-state index >= 15 is 0 Å². The van der Waals surface area contributed by atoms with Gasteiger partial charge in [-0.05, 0) is 27.3 Å². The quantitative estimate of drug-likeness (QED) is 0.607. The highest BCUT2D eigenvalue weighted by Crippen LogP contribution is 1.99. The van der Waals surface area contributed by atoms with Crippen molar-refractivity contribution >= 4 is 5.78 Å². The fourth-order valence-electron chi connectivity index (χ4n) is 0.712. The van der Waals surface area contributed by atoms with Crippen LogP contribution in [-0.2, 0) is 4.79 Å². The lowest BCUT2D eigenvalue weighted by Gasteiger charge is -2.09. The molecule has 0 aromatic rings. The molecule has 0 heterocycles. The molecule has 0 aromatic heterocycles. The van der Waals surface area contributed by atoms with Crippen molar-refractivity contribution in [2.45, 2.75) is 38.8 Å². The summed E-state index contributed by atoms with van der Waals surface area (Å²) < 4.78 is 0. The number of hydrogen-bond acceptors (Lipinski definition) is 3. The van der Waals surface area contributed by atoms with Crippen molar-refractivity contribution in [1.29, 1.82) is 0 Å². The van der Waals surface area contributed by atoms with Gasteiger partial charge in [-0.15, -0.1) is 0 Å². The molecular weight excluding hydrogens is 142 g/mol. The smallest absolute Gasteiger partial charge is 0.161 e. The van der Waals surface area contributed by atoms with Crippen molar-refractivity contribution in [1.82, 2.24) is 5.32 Å². The zero-order valence-corrected chi connectivity index (χ0v) is 7.42. The molecule has 0 bridgehead atoms. The fraction of sp³-hybridized carbons (Fsp3) is 0.875. The lowest BCUT2D eigenvalue weighted by molar-refractivity contribution is -0.126. The summed E-state index contributed by atoms with van der Waals surface area (Å²) in [7, 11) is 1.86. The van der Waals surface area contributed by atoms with E-state index in [-0.39, 0.29) is 5.78 Å². The molecule has 0 fully saturated rings. The van der Waals surface area contributed by atoms with E-state index in [2.05, 4.69) is 5.32 Å². The molecule has 2 atom stereocenters. The summed E-state index contributed by atoms with van der Waals surface area (Å²) in [6, 6.07) is 0.345. The lowest BCUT2D eigenvalue weighted by Crippen LogP contribution is -2.24. The van der Waals surface area contributed by atoms with Crippen molar-refractivity contribution in [2.24, 2.45) is 0 Å².